The molecular weight excluding hydrogens is 434 g/mol. The first-order valence-electron chi connectivity index (χ1n) is 9.88. The molecule has 1 aromatic heterocycles. The van der Waals surface area contributed by atoms with Crippen LogP contribution in [-0.4, -0.2) is 39.7 Å². The van der Waals surface area contributed by atoms with Crippen molar-refractivity contribution in [3.8, 4) is 11.5 Å². The number of sulfonamides is 1. The Bertz CT molecular complexity index is 1150. The monoisotopic (exact) mass is 459 g/mol. The number of aromatic nitrogens is 1. The van der Waals surface area contributed by atoms with E-state index in [1.807, 2.05) is 6.92 Å². The largest absolute Gasteiger partial charge is 0.497 e. The maximum Gasteiger partial charge on any atom is 0.270 e. The first-order valence-corrected chi connectivity index (χ1v) is 11.3. The van der Waals surface area contributed by atoms with E-state index in [4.69, 9.17) is 14.0 Å². The van der Waals surface area contributed by atoms with E-state index in [2.05, 4.69) is 10.5 Å². The third kappa shape index (κ3) is 5.02. The van der Waals surface area contributed by atoms with Crippen LogP contribution in [0, 0.1) is 13.8 Å². The molecule has 1 amide bonds. The fourth-order valence-electron chi connectivity index (χ4n) is 3.15. The molecule has 0 spiro atoms. The van der Waals surface area contributed by atoms with Crippen LogP contribution in [0.15, 0.2) is 57.9 Å². The molecule has 0 aliphatic rings. The molecule has 170 valence electrons. The average molecular weight is 460 g/mol. The summed E-state index contributed by atoms with van der Waals surface area (Å²) in [6, 6.07) is 13.2. The van der Waals surface area contributed by atoms with Gasteiger partial charge in [0.1, 0.15) is 23.7 Å². The summed E-state index contributed by atoms with van der Waals surface area (Å²) < 4.78 is 43.6. The second kappa shape index (κ2) is 9.73. The molecule has 0 aliphatic heterocycles. The summed E-state index contributed by atoms with van der Waals surface area (Å²) in [5.41, 5.74) is 1.03. The number of hydrogen-bond donors (Lipinski definition) is 1. The third-order valence-electron chi connectivity index (χ3n) is 4.61. The second-order valence-corrected chi connectivity index (χ2v) is 8.67. The minimum Gasteiger partial charge on any atom is -0.497 e. The minimum absolute atomic E-state index is 0.0674. The second-order valence-electron chi connectivity index (χ2n) is 6.87. The molecule has 0 aliphatic carbocycles. The number of methoxy groups -OCH3 is 1. The summed E-state index contributed by atoms with van der Waals surface area (Å²) in [4.78, 5) is 12.7. The SMILES string of the molecule is CCOc1ccc(NC(=O)CN(c2ccc(OC)cc2)S(=O)(=O)c2c(C)noc2C)cc1. The Morgan fingerprint density at radius 1 is 1.06 bits per heavy atom. The highest BCUT2D eigenvalue weighted by atomic mass is 32.2. The van der Waals surface area contributed by atoms with Gasteiger partial charge in [-0.1, -0.05) is 5.16 Å². The van der Waals surface area contributed by atoms with Gasteiger partial charge in [0.15, 0.2) is 10.7 Å². The minimum atomic E-state index is -4.14. The van der Waals surface area contributed by atoms with Crippen molar-refractivity contribution in [2.45, 2.75) is 25.7 Å². The molecule has 10 heteroatoms. The van der Waals surface area contributed by atoms with Gasteiger partial charge >= 0.3 is 0 Å². The molecule has 0 atom stereocenters. The number of aryl methyl sites for hydroxylation is 2. The van der Waals surface area contributed by atoms with Crippen LogP contribution in [0.25, 0.3) is 0 Å². The normalized spacial score (nSPS) is 11.1. The van der Waals surface area contributed by atoms with Crippen molar-refractivity contribution in [2.75, 3.05) is 29.9 Å². The zero-order chi connectivity index (χ0) is 23.3. The van der Waals surface area contributed by atoms with Gasteiger partial charge in [-0.15, -0.1) is 0 Å². The van der Waals surface area contributed by atoms with Crippen molar-refractivity contribution in [3.05, 3.63) is 60.0 Å². The van der Waals surface area contributed by atoms with Gasteiger partial charge in [-0.25, -0.2) is 8.42 Å². The molecule has 0 saturated carbocycles. The van der Waals surface area contributed by atoms with Gasteiger partial charge in [0, 0.05) is 5.69 Å². The van der Waals surface area contributed by atoms with Crippen LogP contribution < -0.4 is 19.1 Å². The van der Waals surface area contributed by atoms with Crippen LogP contribution in [0.5, 0.6) is 11.5 Å². The lowest BCUT2D eigenvalue weighted by molar-refractivity contribution is -0.114. The van der Waals surface area contributed by atoms with Gasteiger partial charge in [0.05, 0.1) is 19.4 Å². The molecule has 3 rings (SSSR count). The fraction of sp³-hybridized carbons (Fsp3) is 0.273. The molecule has 0 radical (unpaired) electrons. The van der Waals surface area contributed by atoms with Crippen LogP contribution >= 0.6 is 0 Å². The number of hydrogen-bond acceptors (Lipinski definition) is 7. The topological polar surface area (TPSA) is 111 Å². The van der Waals surface area contributed by atoms with E-state index in [0.717, 1.165) is 4.31 Å². The lowest BCUT2D eigenvalue weighted by Crippen LogP contribution is -2.38. The molecule has 0 fully saturated rings. The van der Waals surface area contributed by atoms with E-state index in [-0.39, 0.29) is 16.3 Å². The lowest BCUT2D eigenvalue weighted by Gasteiger charge is -2.24. The molecule has 1 heterocycles. The zero-order valence-electron chi connectivity index (χ0n) is 18.3. The highest BCUT2D eigenvalue weighted by molar-refractivity contribution is 7.93. The quantitative estimate of drug-likeness (QED) is 0.521. The highest BCUT2D eigenvalue weighted by Gasteiger charge is 2.32. The Labute approximate surface area is 187 Å². The molecule has 3 aromatic rings. The maximum absolute atomic E-state index is 13.5. The maximum atomic E-state index is 13.5. The van der Waals surface area contributed by atoms with Crippen molar-refractivity contribution < 1.29 is 27.2 Å². The summed E-state index contributed by atoms with van der Waals surface area (Å²) in [7, 11) is -2.63. The molecule has 2 aromatic carbocycles. The molecule has 32 heavy (non-hydrogen) atoms. The summed E-state index contributed by atoms with van der Waals surface area (Å²) in [5.74, 6) is 0.863. The highest BCUT2D eigenvalue weighted by Crippen LogP contribution is 2.29. The van der Waals surface area contributed by atoms with Crippen LogP contribution in [0.4, 0.5) is 11.4 Å². The van der Waals surface area contributed by atoms with Gasteiger partial charge in [0.2, 0.25) is 5.91 Å². The number of rotatable bonds is 9. The summed E-state index contributed by atoms with van der Waals surface area (Å²) in [6.45, 7) is 5.01. The number of carbonyl (C=O) groups excluding carboxylic acids is 1. The zero-order valence-corrected chi connectivity index (χ0v) is 19.1. The number of nitrogens with zero attached hydrogens (tertiary/aromatic N) is 2. The Balaban J connectivity index is 1.91. The van der Waals surface area contributed by atoms with Gasteiger partial charge in [-0.3, -0.25) is 9.10 Å². The molecule has 0 saturated heterocycles. The average Bonchev–Trinajstić information content (AvgIpc) is 3.12. The Morgan fingerprint density at radius 3 is 2.22 bits per heavy atom. The Hall–Kier alpha value is -3.53. The van der Waals surface area contributed by atoms with Crippen LogP contribution in [-0.2, 0) is 14.8 Å². The summed E-state index contributed by atoms with van der Waals surface area (Å²) in [5, 5.41) is 6.46. The number of ether oxygens (including phenoxy) is 2. The Kier molecular flexibility index (Phi) is 7.04. The first kappa shape index (κ1) is 23.1. The number of anilines is 2. The molecule has 9 nitrogen and oxygen atoms in total. The van der Waals surface area contributed by atoms with Crippen molar-refractivity contribution in [1.29, 1.82) is 0 Å². The van der Waals surface area contributed by atoms with E-state index in [0.29, 0.717) is 29.5 Å². The van der Waals surface area contributed by atoms with Crippen molar-refractivity contribution in [2.24, 2.45) is 0 Å². The lowest BCUT2D eigenvalue weighted by atomic mass is 10.3. The van der Waals surface area contributed by atoms with Crippen molar-refractivity contribution >= 4 is 27.3 Å². The molecule has 1 N–H and O–H groups in total. The van der Waals surface area contributed by atoms with Gasteiger partial charge < -0.3 is 19.3 Å². The number of benzene rings is 2. The Morgan fingerprint density at radius 2 is 1.69 bits per heavy atom. The fourth-order valence-corrected chi connectivity index (χ4v) is 4.87. The van der Waals surface area contributed by atoms with E-state index in [1.54, 1.807) is 48.5 Å². The van der Waals surface area contributed by atoms with E-state index in [1.165, 1.54) is 21.0 Å². The van der Waals surface area contributed by atoms with Crippen molar-refractivity contribution in [3.63, 3.8) is 0 Å². The molecule has 0 unspecified atom stereocenters. The van der Waals surface area contributed by atoms with E-state index >= 15 is 0 Å². The number of carbonyl (C=O) groups is 1. The molecule has 0 bridgehead atoms. The predicted molar refractivity (Wildman–Crippen MR) is 120 cm³/mol. The van der Waals surface area contributed by atoms with Gasteiger partial charge in [-0.05, 0) is 69.3 Å². The third-order valence-corrected chi connectivity index (χ3v) is 6.63. The summed E-state index contributed by atoms with van der Waals surface area (Å²) in [6.07, 6.45) is 0. The van der Waals surface area contributed by atoms with Gasteiger partial charge in [0.25, 0.3) is 10.0 Å². The first-order chi connectivity index (χ1) is 15.3. The van der Waals surface area contributed by atoms with E-state index in [9.17, 15) is 13.2 Å². The smallest absolute Gasteiger partial charge is 0.270 e. The molecular formula is C22H25N3O6S. The number of amides is 1. The number of nitrogens with one attached hydrogen (secondary N) is 1. The van der Waals surface area contributed by atoms with Gasteiger partial charge in [-0.2, -0.15) is 0 Å². The predicted octanol–water partition coefficient (Wildman–Crippen LogP) is 3.53. The van der Waals surface area contributed by atoms with Crippen molar-refractivity contribution in [1.82, 2.24) is 5.16 Å². The van der Waals surface area contributed by atoms with Crippen LogP contribution in [0.2, 0.25) is 0 Å². The standard InChI is InChI=1S/C22H25N3O6S/c1-5-30-20-10-6-17(7-11-20)23-21(26)14-25(18-8-12-19(29-4)13-9-18)32(27,28)22-15(2)24-31-16(22)3/h6-13H,5,14H2,1-4H3,(H,23,26). The van der Waals surface area contributed by atoms with Crippen LogP contribution in [0.3, 0.4) is 0 Å². The van der Waals surface area contributed by atoms with Crippen LogP contribution in [0.1, 0.15) is 18.4 Å². The summed E-state index contributed by atoms with van der Waals surface area (Å²) >= 11 is 0. The van der Waals surface area contributed by atoms with E-state index < -0.39 is 22.5 Å².